The van der Waals surface area contributed by atoms with Gasteiger partial charge in [0.05, 0.1) is 17.4 Å². The van der Waals surface area contributed by atoms with Gasteiger partial charge in [0, 0.05) is 10.9 Å². The van der Waals surface area contributed by atoms with Crippen LogP contribution in [-0.4, -0.2) is 20.7 Å². The molecule has 0 aliphatic heterocycles. The van der Waals surface area contributed by atoms with Gasteiger partial charge in [-0.05, 0) is 16.8 Å². The third-order valence-electron chi connectivity index (χ3n) is 3.95. The van der Waals surface area contributed by atoms with Crippen LogP contribution in [0, 0.1) is 0 Å². The number of fused-ring (bicyclic) bond motifs is 1. The Bertz CT molecular complexity index is 1170. The summed E-state index contributed by atoms with van der Waals surface area (Å²) in [7, 11) is 0. The Kier molecular flexibility index (Phi) is 5.62. The topological polar surface area (TPSA) is 70.8 Å². The molecule has 136 valence electrons. The summed E-state index contributed by atoms with van der Waals surface area (Å²) in [5.74, 6) is -1.56. The van der Waals surface area contributed by atoms with Gasteiger partial charge in [-0.25, -0.2) is 9.67 Å². The Balaban J connectivity index is 0.00000225. The van der Waals surface area contributed by atoms with Crippen molar-refractivity contribution in [3.63, 3.8) is 0 Å². The predicted molar refractivity (Wildman–Crippen MR) is 91.5 cm³/mol. The Labute approximate surface area is 182 Å². The van der Waals surface area contributed by atoms with Crippen molar-refractivity contribution in [2.75, 3.05) is 0 Å². The van der Waals surface area contributed by atoms with E-state index in [1.165, 1.54) is 0 Å². The molecule has 5 nitrogen and oxygen atoms in total. The molecule has 10 heteroatoms. The van der Waals surface area contributed by atoms with E-state index in [0.29, 0.717) is 10.2 Å². The number of hydrogen-bond acceptors (Lipinski definition) is 5. The number of thiazole rings is 1. The average molecular weight is 411 g/mol. The van der Waals surface area contributed by atoms with Crippen LogP contribution >= 0.6 is 11.3 Å². The molecule has 0 radical (unpaired) electrons. The van der Waals surface area contributed by atoms with Crippen LogP contribution < -0.4 is 34.7 Å². The molecule has 0 aliphatic rings. The van der Waals surface area contributed by atoms with Gasteiger partial charge in [0.2, 0.25) is 5.13 Å². The van der Waals surface area contributed by atoms with Crippen LogP contribution in [0.1, 0.15) is 16.2 Å². The average Bonchev–Trinajstić information content (AvgIpc) is 3.28. The number of aromatic carboxylic acids is 1. The Morgan fingerprint density at radius 3 is 2.50 bits per heavy atom. The molecule has 0 aliphatic carbocycles. The van der Waals surface area contributed by atoms with Crippen LogP contribution in [-0.2, 0) is 6.18 Å². The molecular weight excluding hydrogens is 402 g/mol. The number of carbonyl (C=O) groups is 1. The molecule has 0 fully saturated rings. The van der Waals surface area contributed by atoms with E-state index in [2.05, 4.69) is 10.1 Å². The van der Waals surface area contributed by atoms with Gasteiger partial charge in [0.15, 0.2) is 5.69 Å². The number of nitrogens with zero attached hydrogens (tertiary/aromatic N) is 3. The maximum atomic E-state index is 13.5. The molecule has 2 aromatic carbocycles. The summed E-state index contributed by atoms with van der Waals surface area (Å²) in [6.07, 6.45) is -4.69. The molecule has 0 saturated carbocycles. The third-order valence-corrected chi connectivity index (χ3v) is 4.76. The van der Waals surface area contributed by atoms with Gasteiger partial charge >= 0.3 is 35.7 Å². The van der Waals surface area contributed by atoms with E-state index >= 15 is 0 Å². The fourth-order valence-electron chi connectivity index (χ4n) is 2.76. The van der Waals surface area contributed by atoms with Gasteiger partial charge in [-0.2, -0.15) is 18.3 Å². The number of hydrogen-bond donors (Lipinski definition) is 0. The number of carboxylic acid groups (broad SMARTS) is 1. The van der Waals surface area contributed by atoms with Gasteiger partial charge < -0.3 is 9.90 Å². The molecule has 2 heterocycles. The van der Waals surface area contributed by atoms with E-state index in [9.17, 15) is 23.1 Å². The molecule has 0 N–H and O–H groups in total. The van der Waals surface area contributed by atoms with Crippen molar-refractivity contribution in [3.05, 3.63) is 65.3 Å². The van der Waals surface area contributed by atoms with E-state index < -0.39 is 23.5 Å². The van der Waals surface area contributed by atoms with Crippen molar-refractivity contribution in [1.82, 2.24) is 14.8 Å². The first kappa shape index (κ1) is 20.5. The Morgan fingerprint density at radius 2 is 1.82 bits per heavy atom. The quantitative estimate of drug-likeness (QED) is 0.462. The van der Waals surface area contributed by atoms with Crippen molar-refractivity contribution in [1.29, 1.82) is 0 Å². The summed E-state index contributed by atoms with van der Waals surface area (Å²) in [5, 5.41) is 17.5. The SMILES string of the molecule is O=C([O-])c1csc(-n2nc(-c3cccc4ccccc34)cc2C(F)(F)F)n1.[Na+]. The minimum atomic E-state index is -4.69. The van der Waals surface area contributed by atoms with E-state index in [0.717, 1.165) is 33.6 Å². The van der Waals surface area contributed by atoms with Gasteiger partial charge in [0.1, 0.15) is 0 Å². The molecule has 0 saturated heterocycles. The molecular formula is C18H9F3N3NaO2S. The minimum absolute atomic E-state index is 0. The second-order valence-corrected chi connectivity index (χ2v) is 6.49. The van der Waals surface area contributed by atoms with E-state index in [4.69, 9.17) is 0 Å². The standard InChI is InChI=1S/C18H10F3N3O2S.Na/c19-18(20,21)15-8-13(12-7-3-5-10-4-1-2-6-11(10)12)23-24(15)17-22-14(9-27-17)16(25)26;/h1-9H,(H,25,26);/q;+1/p-1. The first-order chi connectivity index (χ1) is 12.8. The van der Waals surface area contributed by atoms with Crippen molar-refractivity contribution in [2.24, 2.45) is 0 Å². The summed E-state index contributed by atoms with van der Waals surface area (Å²) in [4.78, 5) is 14.6. The molecule has 0 atom stereocenters. The molecule has 0 bridgehead atoms. The number of alkyl halides is 3. The molecule has 28 heavy (non-hydrogen) atoms. The first-order valence-electron chi connectivity index (χ1n) is 7.67. The van der Waals surface area contributed by atoms with E-state index in [-0.39, 0.29) is 40.4 Å². The van der Waals surface area contributed by atoms with Crippen LogP contribution in [0.15, 0.2) is 53.9 Å². The summed E-state index contributed by atoms with van der Waals surface area (Å²) >= 11 is 0.742. The molecule has 2 aromatic heterocycles. The Hall–Kier alpha value is -2.20. The van der Waals surface area contributed by atoms with Gasteiger partial charge in [0.25, 0.3) is 0 Å². The van der Waals surface area contributed by atoms with E-state index in [1.807, 2.05) is 18.2 Å². The molecule has 0 amide bonds. The maximum absolute atomic E-state index is 13.5. The number of carbonyl (C=O) groups excluding carboxylic acids is 1. The van der Waals surface area contributed by atoms with Crippen molar-refractivity contribution >= 4 is 28.1 Å². The van der Waals surface area contributed by atoms with Crippen LogP contribution in [0.5, 0.6) is 0 Å². The normalized spacial score (nSPS) is 11.4. The van der Waals surface area contributed by atoms with Gasteiger partial charge in [-0.1, -0.05) is 42.5 Å². The number of aromatic nitrogens is 3. The van der Waals surface area contributed by atoms with Crippen LogP contribution in [0.25, 0.3) is 27.2 Å². The van der Waals surface area contributed by atoms with Crippen molar-refractivity contribution in [3.8, 4) is 16.4 Å². The fraction of sp³-hybridized carbons (Fsp3) is 0.0556. The molecule has 4 rings (SSSR count). The number of rotatable bonds is 3. The zero-order chi connectivity index (χ0) is 19.2. The second kappa shape index (κ2) is 7.67. The number of carboxylic acids is 1. The zero-order valence-corrected chi connectivity index (χ0v) is 17.2. The number of benzene rings is 2. The van der Waals surface area contributed by atoms with E-state index in [1.54, 1.807) is 24.3 Å². The number of halogens is 3. The summed E-state index contributed by atoms with van der Waals surface area (Å²) < 4.78 is 41.2. The maximum Gasteiger partial charge on any atom is 1.00 e. The van der Waals surface area contributed by atoms with Crippen LogP contribution in [0.4, 0.5) is 13.2 Å². The van der Waals surface area contributed by atoms with Gasteiger partial charge in [-0.15, -0.1) is 11.3 Å². The molecule has 0 spiro atoms. The van der Waals surface area contributed by atoms with Crippen LogP contribution in [0.2, 0.25) is 0 Å². The van der Waals surface area contributed by atoms with Crippen molar-refractivity contribution < 1.29 is 52.6 Å². The van der Waals surface area contributed by atoms with Crippen LogP contribution in [0.3, 0.4) is 0 Å². The largest absolute Gasteiger partial charge is 1.00 e. The molecule has 4 aromatic rings. The monoisotopic (exact) mass is 411 g/mol. The first-order valence-corrected chi connectivity index (χ1v) is 8.55. The smallest absolute Gasteiger partial charge is 0.543 e. The molecule has 0 unspecified atom stereocenters. The summed E-state index contributed by atoms with van der Waals surface area (Å²) in [6.45, 7) is 0. The zero-order valence-electron chi connectivity index (χ0n) is 14.4. The van der Waals surface area contributed by atoms with Crippen molar-refractivity contribution in [2.45, 2.75) is 6.18 Å². The minimum Gasteiger partial charge on any atom is -0.543 e. The summed E-state index contributed by atoms with van der Waals surface area (Å²) in [5.41, 5.74) is -0.826. The van der Waals surface area contributed by atoms with Gasteiger partial charge in [-0.3, -0.25) is 0 Å². The second-order valence-electron chi connectivity index (χ2n) is 5.65. The Morgan fingerprint density at radius 1 is 1.11 bits per heavy atom. The summed E-state index contributed by atoms with van der Waals surface area (Å²) in [6, 6.07) is 13.5. The fourth-order valence-corrected chi connectivity index (χ4v) is 3.52. The predicted octanol–water partition coefficient (Wildman–Crippen LogP) is 0.535. The third kappa shape index (κ3) is 3.70.